The number of thiazole rings is 1. The van der Waals surface area contributed by atoms with Gasteiger partial charge in [0.1, 0.15) is 5.01 Å². The van der Waals surface area contributed by atoms with Gasteiger partial charge in [-0.15, -0.1) is 11.3 Å². The molecule has 21 heavy (non-hydrogen) atoms. The lowest BCUT2D eigenvalue weighted by Crippen LogP contribution is -2.42. The van der Waals surface area contributed by atoms with Crippen LogP contribution in [0, 0.1) is 6.92 Å². The van der Waals surface area contributed by atoms with Crippen LogP contribution < -0.4 is 5.32 Å². The molecule has 2 rings (SSSR count). The van der Waals surface area contributed by atoms with Gasteiger partial charge in [-0.05, 0) is 38.0 Å². The van der Waals surface area contributed by atoms with E-state index in [1.165, 1.54) is 6.08 Å². The number of aromatic nitrogens is 2. The van der Waals surface area contributed by atoms with Crippen LogP contribution in [-0.2, 0) is 10.3 Å². The predicted molar refractivity (Wildman–Crippen MR) is 85.9 cm³/mol. The van der Waals surface area contributed by atoms with Crippen molar-refractivity contribution in [3.8, 4) is 0 Å². The zero-order chi connectivity index (χ0) is 15.3. The van der Waals surface area contributed by atoms with Crippen LogP contribution in [0.2, 0.25) is 0 Å². The van der Waals surface area contributed by atoms with Crippen LogP contribution in [0.25, 0.3) is 6.08 Å². The molecule has 0 aliphatic heterocycles. The fourth-order valence-corrected chi connectivity index (χ4v) is 2.85. The van der Waals surface area contributed by atoms with Gasteiger partial charge in [0, 0.05) is 29.5 Å². The molecule has 0 spiro atoms. The second-order valence-corrected chi connectivity index (χ2v) is 5.95. The Kier molecular flexibility index (Phi) is 4.85. The highest BCUT2D eigenvalue weighted by molar-refractivity contribution is 7.09. The summed E-state index contributed by atoms with van der Waals surface area (Å²) in [4.78, 5) is 20.6. The van der Waals surface area contributed by atoms with Crippen molar-refractivity contribution in [3.05, 3.63) is 52.2 Å². The molecule has 2 aromatic rings. The fraction of sp³-hybridized carbons (Fsp3) is 0.312. The van der Waals surface area contributed by atoms with Crippen LogP contribution in [0.1, 0.15) is 36.5 Å². The third-order valence-corrected chi connectivity index (χ3v) is 4.53. The topological polar surface area (TPSA) is 54.9 Å². The van der Waals surface area contributed by atoms with Gasteiger partial charge in [0.25, 0.3) is 0 Å². The number of hydrogen-bond donors (Lipinski definition) is 1. The van der Waals surface area contributed by atoms with E-state index in [2.05, 4.69) is 15.3 Å². The molecule has 1 amide bonds. The monoisotopic (exact) mass is 301 g/mol. The highest BCUT2D eigenvalue weighted by Crippen LogP contribution is 2.27. The first-order valence-corrected chi connectivity index (χ1v) is 7.74. The number of carbonyl (C=O) groups is 1. The van der Waals surface area contributed by atoms with Crippen molar-refractivity contribution in [2.45, 2.75) is 32.7 Å². The molecule has 0 aromatic carbocycles. The molecule has 0 aliphatic rings. The number of hydrogen-bond acceptors (Lipinski definition) is 4. The van der Waals surface area contributed by atoms with Gasteiger partial charge in [-0.3, -0.25) is 9.78 Å². The minimum Gasteiger partial charge on any atom is -0.341 e. The number of carbonyl (C=O) groups excluding carboxylic acids is 1. The molecule has 0 radical (unpaired) electrons. The zero-order valence-corrected chi connectivity index (χ0v) is 13.3. The summed E-state index contributed by atoms with van der Waals surface area (Å²) < 4.78 is 0. The number of amides is 1. The summed E-state index contributed by atoms with van der Waals surface area (Å²) in [5.74, 6) is -0.129. The molecular formula is C16H19N3OS. The first-order chi connectivity index (χ1) is 10.0. The molecule has 1 atom stereocenters. The van der Waals surface area contributed by atoms with E-state index >= 15 is 0 Å². The Labute approximate surface area is 129 Å². The molecule has 0 saturated carbocycles. The van der Waals surface area contributed by atoms with Crippen molar-refractivity contribution in [1.29, 1.82) is 0 Å². The second-order valence-electron chi connectivity index (χ2n) is 5.09. The SMILES string of the molecule is CC[C@@](C)(NC(=O)/C=C/c1cccnc1)c1nc(C)cs1. The Morgan fingerprint density at radius 1 is 1.52 bits per heavy atom. The quantitative estimate of drug-likeness (QED) is 0.862. The van der Waals surface area contributed by atoms with Gasteiger partial charge >= 0.3 is 0 Å². The van der Waals surface area contributed by atoms with E-state index in [9.17, 15) is 4.79 Å². The second kappa shape index (κ2) is 6.63. The van der Waals surface area contributed by atoms with E-state index in [4.69, 9.17) is 0 Å². The maximum atomic E-state index is 12.1. The van der Waals surface area contributed by atoms with Crippen LogP contribution in [-0.4, -0.2) is 15.9 Å². The average Bonchev–Trinajstić information content (AvgIpc) is 2.93. The summed E-state index contributed by atoms with van der Waals surface area (Å²) in [6, 6.07) is 3.74. The molecule has 0 saturated heterocycles. The maximum absolute atomic E-state index is 12.1. The van der Waals surface area contributed by atoms with Crippen molar-refractivity contribution in [2.24, 2.45) is 0 Å². The van der Waals surface area contributed by atoms with E-state index in [1.807, 2.05) is 38.3 Å². The number of aryl methyl sites for hydroxylation is 1. The molecule has 2 aromatic heterocycles. The number of nitrogens with one attached hydrogen (secondary N) is 1. The van der Waals surface area contributed by atoms with Crippen molar-refractivity contribution >= 4 is 23.3 Å². The van der Waals surface area contributed by atoms with Gasteiger partial charge in [-0.1, -0.05) is 13.0 Å². The Balaban J connectivity index is 2.08. The number of nitrogens with zero attached hydrogens (tertiary/aromatic N) is 2. The standard InChI is InChI=1S/C16H19N3OS/c1-4-16(3,15-18-12(2)11-21-15)19-14(20)8-7-13-6-5-9-17-10-13/h5-11H,4H2,1-3H3,(H,19,20)/b8-7+/t16-/m1/s1. The maximum Gasteiger partial charge on any atom is 0.244 e. The van der Waals surface area contributed by atoms with Crippen LogP contribution in [0.3, 0.4) is 0 Å². The molecule has 2 heterocycles. The van der Waals surface area contributed by atoms with Crippen molar-refractivity contribution in [1.82, 2.24) is 15.3 Å². The molecule has 0 fully saturated rings. The van der Waals surface area contributed by atoms with Crippen molar-refractivity contribution in [2.75, 3.05) is 0 Å². The minimum absolute atomic E-state index is 0.129. The van der Waals surface area contributed by atoms with Crippen LogP contribution in [0.4, 0.5) is 0 Å². The first-order valence-electron chi connectivity index (χ1n) is 6.86. The van der Waals surface area contributed by atoms with Gasteiger partial charge in [0.2, 0.25) is 5.91 Å². The van der Waals surface area contributed by atoms with E-state index in [-0.39, 0.29) is 5.91 Å². The summed E-state index contributed by atoms with van der Waals surface area (Å²) in [6.45, 7) is 6.00. The van der Waals surface area contributed by atoms with Crippen LogP contribution in [0.5, 0.6) is 0 Å². The van der Waals surface area contributed by atoms with E-state index in [0.717, 1.165) is 22.7 Å². The Hall–Kier alpha value is -2.01. The van der Waals surface area contributed by atoms with Gasteiger partial charge in [-0.2, -0.15) is 0 Å². The molecule has 0 bridgehead atoms. The number of pyridine rings is 1. The largest absolute Gasteiger partial charge is 0.341 e. The molecular weight excluding hydrogens is 282 g/mol. The van der Waals surface area contributed by atoms with E-state index in [0.29, 0.717) is 0 Å². The highest BCUT2D eigenvalue weighted by atomic mass is 32.1. The van der Waals surface area contributed by atoms with Gasteiger partial charge < -0.3 is 5.32 Å². The third-order valence-electron chi connectivity index (χ3n) is 3.31. The average molecular weight is 301 g/mol. The summed E-state index contributed by atoms with van der Waals surface area (Å²) in [6.07, 6.45) is 7.49. The number of rotatable bonds is 5. The van der Waals surface area contributed by atoms with Crippen LogP contribution >= 0.6 is 11.3 Å². The Morgan fingerprint density at radius 3 is 2.90 bits per heavy atom. The minimum atomic E-state index is -0.435. The molecule has 110 valence electrons. The van der Waals surface area contributed by atoms with E-state index in [1.54, 1.807) is 29.8 Å². The summed E-state index contributed by atoms with van der Waals surface area (Å²) in [7, 11) is 0. The lowest BCUT2D eigenvalue weighted by atomic mass is 10.00. The lowest BCUT2D eigenvalue weighted by Gasteiger charge is -2.26. The van der Waals surface area contributed by atoms with Gasteiger partial charge in [-0.25, -0.2) is 4.98 Å². The molecule has 4 nitrogen and oxygen atoms in total. The zero-order valence-electron chi connectivity index (χ0n) is 12.5. The smallest absolute Gasteiger partial charge is 0.244 e. The van der Waals surface area contributed by atoms with E-state index < -0.39 is 5.54 Å². The first kappa shape index (κ1) is 15.4. The summed E-state index contributed by atoms with van der Waals surface area (Å²) in [5.41, 5.74) is 1.45. The lowest BCUT2D eigenvalue weighted by molar-refractivity contribution is -0.118. The predicted octanol–water partition coefficient (Wildman–Crippen LogP) is 3.30. The molecule has 5 heteroatoms. The highest BCUT2D eigenvalue weighted by Gasteiger charge is 2.28. The molecule has 0 aliphatic carbocycles. The van der Waals surface area contributed by atoms with Crippen molar-refractivity contribution in [3.63, 3.8) is 0 Å². The van der Waals surface area contributed by atoms with Gasteiger partial charge in [0.15, 0.2) is 0 Å². The van der Waals surface area contributed by atoms with Gasteiger partial charge in [0.05, 0.1) is 5.54 Å². The summed E-state index contributed by atoms with van der Waals surface area (Å²) >= 11 is 1.58. The molecule has 0 unspecified atom stereocenters. The fourth-order valence-electron chi connectivity index (χ4n) is 1.86. The summed E-state index contributed by atoms with van der Waals surface area (Å²) in [5, 5.41) is 5.98. The Morgan fingerprint density at radius 2 is 2.33 bits per heavy atom. The third kappa shape index (κ3) is 3.98. The van der Waals surface area contributed by atoms with Crippen molar-refractivity contribution < 1.29 is 4.79 Å². The Bertz CT molecular complexity index is 636. The normalized spacial score (nSPS) is 14.0. The van der Waals surface area contributed by atoms with Crippen LogP contribution in [0.15, 0.2) is 36.0 Å². The molecule has 1 N–H and O–H groups in total.